The first-order valence-electron chi connectivity index (χ1n) is 7.86. The lowest BCUT2D eigenvalue weighted by atomic mass is 10.0. The highest BCUT2D eigenvalue weighted by Gasteiger charge is 2.16. The molecule has 120 valence electrons. The van der Waals surface area contributed by atoms with E-state index in [0.717, 1.165) is 17.9 Å². The van der Waals surface area contributed by atoms with Crippen molar-refractivity contribution < 1.29 is 14.3 Å². The second kappa shape index (κ2) is 6.73. The van der Waals surface area contributed by atoms with Crippen molar-refractivity contribution in [3.05, 3.63) is 53.6 Å². The van der Waals surface area contributed by atoms with Crippen molar-refractivity contribution in [3.63, 3.8) is 0 Å². The van der Waals surface area contributed by atoms with Crippen molar-refractivity contribution in [2.24, 2.45) is 0 Å². The maximum Gasteiger partial charge on any atom is 0.227 e. The molecule has 0 saturated carbocycles. The highest BCUT2D eigenvalue weighted by Crippen LogP contribution is 2.33. The number of anilines is 1. The topological polar surface area (TPSA) is 38.8 Å². The summed E-state index contributed by atoms with van der Waals surface area (Å²) < 4.78 is 11.1. The molecule has 0 aliphatic carbocycles. The molecular formula is C19H21NO3. The monoisotopic (exact) mass is 311 g/mol. The van der Waals surface area contributed by atoms with Gasteiger partial charge in [0.25, 0.3) is 0 Å². The zero-order chi connectivity index (χ0) is 16.2. The van der Waals surface area contributed by atoms with E-state index < -0.39 is 0 Å². The Bertz CT molecular complexity index is 712. The van der Waals surface area contributed by atoms with E-state index in [-0.39, 0.29) is 5.91 Å². The zero-order valence-corrected chi connectivity index (χ0v) is 13.5. The number of carbonyl (C=O) groups is 1. The van der Waals surface area contributed by atoms with Gasteiger partial charge in [-0.1, -0.05) is 24.3 Å². The fourth-order valence-corrected chi connectivity index (χ4v) is 2.68. The first-order chi connectivity index (χ1) is 11.1. The van der Waals surface area contributed by atoms with Gasteiger partial charge in [-0.15, -0.1) is 0 Å². The van der Waals surface area contributed by atoms with Crippen LogP contribution in [-0.2, 0) is 11.2 Å². The highest BCUT2D eigenvalue weighted by molar-refractivity contribution is 5.93. The summed E-state index contributed by atoms with van der Waals surface area (Å²) in [5, 5.41) is 0. The van der Waals surface area contributed by atoms with Gasteiger partial charge in [0, 0.05) is 25.2 Å². The number of fused-ring (bicyclic) bond motifs is 1. The first-order valence-corrected chi connectivity index (χ1v) is 7.86. The molecule has 3 rings (SSSR count). The molecule has 0 bridgehead atoms. The molecule has 0 aromatic heterocycles. The van der Waals surface area contributed by atoms with Crippen LogP contribution >= 0.6 is 0 Å². The third kappa shape index (κ3) is 3.47. The lowest BCUT2D eigenvalue weighted by Crippen LogP contribution is -2.26. The second-order valence-corrected chi connectivity index (χ2v) is 5.71. The number of aryl methyl sites for hydroxylation is 2. The number of hydrogen-bond acceptors (Lipinski definition) is 3. The molecule has 23 heavy (non-hydrogen) atoms. The van der Waals surface area contributed by atoms with Crippen molar-refractivity contribution in [2.75, 3.05) is 25.2 Å². The molecule has 1 amide bonds. The van der Waals surface area contributed by atoms with Crippen LogP contribution in [0.5, 0.6) is 11.5 Å². The van der Waals surface area contributed by atoms with Crippen molar-refractivity contribution in [1.82, 2.24) is 0 Å². The maximum atomic E-state index is 12.5. The molecule has 0 atom stereocenters. The predicted molar refractivity (Wildman–Crippen MR) is 90.3 cm³/mol. The summed E-state index contributed by atoms with van der Waals surface area (Å²) in [5.41, 5.74) is 3.27. The molecule has 0 unspecified atom stereocenters. The van der Waals surface area contributed by atoms with E-state index in [1.165, 1.54) is 11.1 Å². The molecule has 0 radical (unpaired) electrons. The van der Waals surface area contributed by atoms with Crippen LogP contribution in [0.1, 0.15) is 17.5 Å². The van der Waals surface area contributed by atoms with Crippen molar-refractivity contribution >= 4 is 11.6 Å². The van der Waals surface area contributed by atoms with Gasteiger partial charge in [-0.3, -0.25) is 4.79 Å². The highest BCUT2D eigenvalue weighted by atomic mass is 16.6. The summed E-state index contributed by atoms with van der Waals surface area (Å²) in [4.78, 5) is 14.1. The number of rotatable bonds is 4. The molecule has 0 spiro atoms. The molecule has 4 heteroatoms. The minimum absolute atomic E-state index is 0.0879. The molecule has 0 fully saturated rings. The van der Waals surface area contributed by atoms with Crippen LogP contribution < -0.4 is 14.4 Å². The Labute approximate surface area is 136 Å². The third-order valence-electron chi connectivity index (χ3n) is 4.16. The lowest BCUT2D eigenvalue weighted by Gasteiger charge is -2.22. The van der Waals surface area contributed by atoms with Gasteiger partial charge in [0.2, 0.25) is 5.91 Å². The largest absolute Gasteiger partial charge is 0.486 e. The molecule has 1 heterocycles. The Kier molecular flexibility index (Phi) is 4.51. The van der Waals surface area contributed by atoms with Crippen LogP contribution in [0.4, 0.5) is 5.69 Å². The summed E-state index contributed by atoms with van der Waals surface area (Å²) in [6.45, 7) is 3.18. The number of carbonyl (C=O) groups excluding carboxylic acids is 1. The second-order valence-electron chi connectivity index (χ2n) is 5.71. The Hall–Kier alpha value is -2.49. The average molecular weight is 311 g/mol. The van der Waals surface area contributed by atoms with Gasteiger partial charge in [-0.2, -0.15) is 0 Å². The van der Waals surface area contributed by atoms with Gasteiger partial charge in [-0.05, 0) is 36.6 Å². The Balaban J connectivity index is 1.66. The SMILES string of the molecule is Cc1ccccc1CCC(=O)N(C)c1ccc2c(c1)OCCO2. The van der Waals surface area contributed by atoms with Crippen molar-refractivity contribution in [1.29, 1.82) is 0 Å². The summed E-state index contributed by atoms with van der Waals surface area (Å²) in [7, 11) is 1.80. The van der Waals surface area contributed by atoms with Crippen molar-refractivity contribution in [3.8, 4) is 11.5 Å². The van der Waals surface area contributed by atoms with E-state index in [9.17, 15) is 4.79 Å². The normalized spacial score (nSPS) is 12.8. The number of hydrogen-bond donors (Lipinski definition) is 0. The summed E-state index contributed by atoms with van der Waals surface area (Å²) in [6, 6.07) is 13.8. The van der Waals surface area contributed by atoms with Crippen LogP contribution in [-0.4, -0.2) is 26.2 Å². The molecular weight excluding hydrogens is 290 g/mol. The molecule has 2 aromatic rings. The maximum absolute atomic E-state index is 12.5. The van der Waals surface area contributed by atoms with E-state index in [2.05, 4.69) is 19.1 Å². The lowest BCUT2D eigenvalue weighted by molar-refractivity contribution is -0.118. The molecule has 1 aliphatic rings. The Morgan fingerprint density at radius 3 is 2.61 bits per heavy atom. The van der Waals surface area contributed by atoms with Gasteiger partial charge in [0.05, 0.1) is 0 Å². The van der Waals surface area contributed by atoms with E-state index in [1.54, 1.807) is 11.9 Å². The number of nitrogens with zero attached hydrogens (tertiary/aromatic N) is 1. The van der Waals surface area contributed by atoms with E-state index in [0.29, 0.717) is 25.4 Å². The smallest absolute Gasteiger partial charge is 0.227 e. The van der Waals surface area contributed by atoms with Gasteiger partial charge in [0.1, 0.15) is 13.2 Å². The Morgan fingerprint density at radius 2 is 1.83 bits per heavy atom. The molecule has 0 saturated heterocycles. The average Bonchev–Trinajstić information content (AvgIpc) is 2.59. The molecule has 2 aromatic carbocycles. The zero-order valence-electron chi connectivity index (χ0n) is 13.5. The summed E-state index contributed by atoms with van der Waals surface area (Å²) in [5.74, 6) is 1.53. The molecule has 4 nitrogen and oxygen atoms in total. The predicted octanol–water partition coefficient (Wildman–Crippen LogP) is 3.36. The van der Waals surface area contributed by atoms with Gasteiger partial charge < -0.3 is 14.4 Å². The van der Waals surface area contributed by atoms with Gasteiger partial charge in [0.15, 0.2) is 11.5 Å². The number of ether oxygens (including phenoxy) is 2. The Morgan fingerprint density at radius 1 is 1.09 bits per heavy atom. The van der Waals surface area contributed by atoms with E-state index in [4.69, 9.17) is 9.47 Å². The number of amides is 1. The summed E-state index contributed by atoms with van der Waals surface area (Å²) >= 11 is 0. The molecule has 1 aliphatic heterocycles. The van der Waals surface area contributed by atoms with Crippen molar-refractivity contribution in [2.45, 2.75) is 19.8 Å². The van der Waals surface area contributed by atoms with Gasteiger partial charge >= 0.3 is 0 Å². The van der Waals surface area contributed by atoms with Crippen LogP contribution in [0, 0.1) is 6.92 Å². The van der Waals surface area contributed by atoms with Gasteiger partial charge in [-0.25, -0.2) is 0 Å². The minimum atomic E-state index is 0.0879. The van der Waals surface area contributed by atoms with E-state index in [1.807, 2.05) is 30.3 Å². The molecule has 0 N–H and O–H groups in total. The standard InChI is InChI=1S/C19H21NO3/c1-14-5-3-4-6-15(14)7-10-19(21)20(2)16-8-9-17-18(13-16)23-12-11-22-17/h3-6,8-9,13H,7,10-12H2,1-2H3. The fourth-order valence-electron chi connectivity index (χ4n) is 2.68. The quantitative estimate of drug-likeness (QED) is 0.869. The minimum Gasteiger partial charge on any atom is -0.486 e. The number of benzene rings is 2. The van der Waals surface area contributed by atoms with Crippen LogP contribution in [0.15, 0.2) is 42.5 Å². The third-order valence-corrected chi connectivity index (χ3v) is 4.16. The van der Waals surface area contributed by atoms with Crippen LogP contribution in [0.25, 0.3) is 0 Å². The van der Waals surface area contributed by atoms with Crippen LogP contribution in [0.2, 0.25) is 0 Å². The first kappa shape index (κ1) is 15.4. The fraction of sp³-hybridized carbons (Fsp3) is 0.316. The van der Waals surface area contributed by atoms with Crippen LogP contribution in [0.3, 0.4) is 0 Å². The summed E-state index contributed by atoms with van der Waals surface area (Å²) in [6.07, 6.45) is 1.23. The van der Waals surface area contributed by atoms with E-state index >= 15 is 0 Å².